The zero-order chi connectivity index (χ0) is 13.9. The van der Waals surface area contributed by atoms with Crippen LogP contribution in [0, 0.1) is 18.3 Å². The van der Waals surface area contributed by atoms with E-state index in [1.807, 2.05) is 35.3 Å². The van der Waals surface area contributed by atoms with Gasteiger partial charge in [0.1, 0.15) is 6.04 Å². The van der Waals surface area contributed by atoms with Crippen LogP contribution in [0.4, 0.5) is 5.69 Å². The second-order valence-corrected chi connectivity index (χ2v) is 4.94. The number of benzene rings is 2. The highest BCUT2D eigenvalue weighted by Crippen LogP contribution is 2.26. The lowest BCUT2D eigenvalue weighted by atomic mass is 10.0. The molecule has 20 heavy (non-hydrogen) atoms. The molecule has 3 rings (SSSR count). The number of nitrogens with zero attached hydrogens (tertiary/aromatic N) is 3. The molecule has 0 fully saturated rings. The van der Waals surface area contributed by atoms with Gasteiger partial charge < -0.3 is 0 Å². The van der Waals surface area contributed by atoms with Crippen molar-refractivity contribution < 1.29 is 0 Å². The maximum Gasteiger partial charge on any atom is 0.144 e. The van der Waals surface area contributed by atoms with Gasteiger partial charge in [-0.05, 0) is 24.6 Å². The summed E-state index contributed by atoms with van der Waals surface area (Å²) in [7, 11) is 0. The number of nitriles is 1. The summed E-state index contributed by atoms with van der Waals surface area (Å²) in [6.45, 7) is 2.06. The maximum atomic E-state index is 9.34. The topological polar surface area (TPSA) is 39.4 Å². The molecule has 3 nitrogen and oxygen atoms in total. The first-order valence-electron chi connectivity index (χ1n) is 6.66. The molecule has 1 aliphatic heterocycles. The van der Waals surface area contributed by atoms with Crippen molar-refractivity contribution in [1.29, 1.82) is 5.26 Å². The average Bonchev–Trinajstić information content (AvgIpc) is 2.93. The van der Waals surface area contributed by atoms with Crippen LogP contribution in [0.1, 0.15) is 17.5 Å². The average molecular weight is 261 g/mol. The van der Waals surface area contributed by atoms with Crippen LogP contribution in [0.2, 0.25) is 0 Å². The molecule has 3 heteroatoms. The molecule has 1 atom stereocenters. The van der Waals surface area contributed by atoms with Crippen molar-refractivity contribution in [2.24, 2.45) is 5.10 Å². The van der Waals surface area contributed by atoms with E-state index < -0.39 is 0 Å². The Kier molecular flexibility index (Phi) is 3.22. The minimum Gasteiger partial charge on any atom is -0.248 e. The predicted octanol–water partition coefficient (Wildman–Crippen LogP) is 3.50. The van der Waals surface area contributed by atoms with E-state index >= 15 is 0 Å². The van der Waals surface area contributed by atoms with Crippen LogP contribution in [0.3, 0.4) is 0 Å². The van der Waals surface area contributed by atoms with E-state index in [0.29, 0.717) is 6.42 Å². The normalized spacial score (nSPS) is 17.7. The van der Waals surface area contributed by atoms with Crippen LogP contribution < -0.4 is 5.01 Å². The summed E-state index contributed by atoms with van der Waals surface area (Å²) < 4.78 is 0. The molecule has 1 aliphatic rings. The van der Waals surface area contributed by atoms with Gasteiger partial charge in [0, 0.05) is 6.42 Å². The summed E-state index contributed by atoms with van der Waals surface area (Å²) in [5.41, 5.74) is 4.25. The van der Waals surface area contributed by atoms with E-state index in [1.165, 1.54) is 5.56 Å². The summed E-state index contributed by atoms with van der Waals surface area (Å²) in [4.78, 5) is 0. The van der Waals surface area contributed by atoms with Crippen molar-refractivity contribution in [2.45, 2.75) is 19.4 Å². The number of anilines is 1. The molecule has 1 heterocycles. The van der Waals surface area contributed by atoms with Gasteiger partial charge in [-0.3, -0.25) is 0 Å². The molecule has 2 aromatic carbocycles. The van der Waals surface area contributed by atoms with E-state index in [9.17, 15) is 5.26 Å². The second kappa shape index (κ2) is 5.18. The van der Waals surface area contributed by atoms with Crippen LogP contribution in [0.15, 0.2) is 59.7 Å². The zero-order valence-corrected chi connectivity index (χ0v) is 11.3. The molecule has 0 bridgehead atoms. The third-order valence-corrected chi connectivity index (χ3v) is 3.46. The molecule has 0 N–H and O–H groups in total. The van der Waals surface area contributed by atoms with Crippen LogP contribution in [0.5, 0.6) is 0 Å². The summed E-state index contributed by atoms with van der Waals surface area (Å²) in [5, 5.41) is 15.8. The fourth-order valence-corrected chi connectivity index (χ4v) is 2.35. The first-order valence-corrected chi connectivity index (χ1v) is 6.66. The molecule has 0 amide bonds. The Bertz CT molecular complexity index is 666. The molecule has 2 aromatic rings. The number of hydrogen-bond acceptors (Lipinski definition) is 3. The first kappa shape index (κ1) is 12.4. The highest BCUT2D eigenvalue weighted by atomic mass is 15.5. The summed E-state index contributed by atoms with van der Waals surface area (Å²) >= 11 is 0. The molecule has 1 unspecified atom stereocenters. The predicted molar refractivity (Wildman–Crippen MR) is 80.7 cm³/mol. The van der Waals surface area contributed by atoms with Gasteiger partial charge in [-0.2, -0.15) is 10.4 Å². The van der Waals surface area contributed by atoms with Crippen molar-refractivity contribution in [2.75, 3.05) is 5.01 Å². The number of hydrogen-bond donors (Lipinski definition) is 0. The Labute approximate surface area is 118 Å². The van der Waals surface area contributed by atoms with Crippen LogP contribution in [0.25, 0.3) is 0 Å². The third kappa shape index (κ3) is 2.28. The van der Waals surface area contributed by atoms with Gasteiger partial charge in [-0.15, -0.1) is 0 Å². The van der Waals surface area contributed by atoms with Crippen LogP contribution >= 0.6 is 0 Å². The fraction of sp³-hybridized carbons (Fsp3) is 0.176. The lowest BCUT2D eigenvalue weighted by Gasteiger charge is -2.17. The molecule has 0 aliphatic carbocycles. The number of para-hydroxylation sites is 1. The van der Waals surface area contributed by atoms with E-state index in [-0.39, 0.29) is 6.04 Å². The summed E-state index contributed by atoms with van der Waals surface area (Å²) in [6.07, 6.45) is 0.661. The number of hydrazone groups is 1. The van der Waals surface area contributed by atoms with Crippen molar-refractivity contribution in [3.8, 4) is 6.07 Å². The number of aryl methyl sites for hydroxylation is 1. The minimum atomic E-state index is -0.228. The first-order chi connectivity index (χ1) is 9.78. The van der Waals surface area contributed by atoms with Crippen molar-refractivity contribution in [3.05, 3.63) is 65.7 Å². The Morgan fingerprint density at radius 2 is 1.80 bits per heavy atom. The fourth-order valence-electron chi connectivity index (χ4n) is 2.35. The van der Waals surface area contributed by atoms with Crippen molar-refractivity contribution >= 4 is 11.4 Å². The van der Waals surface area contributed by atoms with Crippen LogP contribution in [-0.4, -0.2) is 11.8 Å². The highest BCUT2D eigenvalue weighted by molar-refractivity contribution is 6.03. The summed E-state index contributed by atoms with van der Waals surface area (Å²) in [6, 6.07) is 20.2. The monoisotopic (exact) mass is 261 g/mol. The SMILES string of the molecule is Cc1ccc(C2=NN(c3ccccc3)C(C#N)C2)cc1. The molecule has 0 saturated carbocycles. The maximum absolute atomic E-state index is 9.34. The standard InChI is InChI=1S/C17H15N3/c1-13-7-9-14(10-8-13)17-11-16(12-18)20(19-17)15-5-3-2-4-6-15/h2-10,16H,11H2,1H3. The van der Waals surface area contributed by atoms with Gasteiger partial charge >= 0.3 is 0 Å². The second-order valence-electron chi connectivity index (χ2n) is 4.94. The Morgan fingerprint density at radius 1 is 1.10 bits per heavy atom. The molecular weight excluding hydrogens is 246 g/mol. The van der Waals surface area contributed by atoms with Gasteiger partial charge in [0.15, 0.2) is 0 Å². The van der Waals surface area contributed by atoms with Crippen LogP contribution in [-0.2, 0) is 0 Å². The van der Waals surface area contributed by atoms with Gasteiger partial charge in [0.25, 0.3) is 0 Å². The van der Waals surface area contributed by atoms with E-state index in [4.69, 9.17) is 0 Å². The minimum absolute atomic E-state index is 0.228. The Balaban J connectivity index is 1.95. The van der Waals surface area contributed by atoms with Crippen molar-refractivity contribution in [1.82, 2.24) is 0 Å². The highest BCUT2D eigenvalue weighted by Gasteiger charge is 2.28. The molecule has 0 radical (unpaired) electrons. The largest absolute Gasteiger partial charge is 0.248 e. The summed E-state index contributed by atoms with van der Waals surface area (Å²) in [5.74, 6) is 0. The zero-order valence-electron chi connectivity index (χ0n) is 11.3. The molecular formula is C17H15N3. The van der Waals surface area contributed by atoms with E-state index in [2.05, 4.69) is 42.4 Å². The molecule has 98 valence electrons. The Hall–Kier alpha value is -2.60. The quantitative estimate of drug-likeness (QED) is 0.830. The molecule has 0 aromatic heterocycles. The third-order valence-electron chi connectivity index (χ3n) is 3.46. The lowest BCUT2D eigenvalue weighted by Crippen LogP contribution is -2.24. The van der Waals surface area contributed by atoms with E-state index in [0.717, 1.165) is 17.0 Å². The van der Waals surface area contributed by atoms with Crippen molar-refractivity contribution in [3.63, 3.8) is 0 Å². The molecule has 0 spiro atoms. The van der Waals surface area contributed by atoms with Gasteiger partial charge in [-0.25, -0.2) is 5.01 Å². The molecule has 0 saturated heterocycles. The lowest BCUT2D eigenvalue weighted by molar-refractivity contribution is 0.800. The van der Waals surface area contributed by atoms with Gasteiger partial charge in [0.05, 0.1) is 17.5 Å². The smallest absolute Gasteiger partial charge is 0.144 e. The van der Waals surface area contributed by atoms with Gasteiger partial charge in [0.2, 0.25) is 0 Å². The Morgan fingerprint density at radius 3 is 2.45 bits per heavy atom. The number of rotatable bonds is 2. The van der Waals surface area contributed by atoms with E-state index in [1.54, 1.807) is 0 Å². The van der Waals surface area contributed by atoms with Gasteiger partial charge in [-0.1, -0.05) is 48.0 Å².